The molecule has 0 unspecified atom stereocenters. The first-order valence-electron chi connectivity index (χ1n) is 9.78. The Morgan fingerprint density at radius 1 is 1.20 bits per heavy atom. The van der Waals surface area contributed by atoms with E-state index in [-0.39, 0.29) is 30.5 Å². The van der Waals surface area contributed by atoms with Crippen LogP contribution in [0.2, 0.25) is 0 Å². The van der Waals surface area contributed by atoms with Crippen molar-refractivity contribution >= 4 is 17.3 Å². The number of oxime groups is 1. The van der Waals surface area contributed by atoms with Crippen molar-refractivity contribution in [3.8, 4) is 5.75 Å². The van der Waals surface area contributed by atoms with Crippen LogP contribution in [0.15, 0.2) is 64.9 Å². The topological polar surface area (TPSA) is 90.7 Å². The van der Waals surface area contributed by atoms with Gasteiger partial charge in [-0.1, -0.05) is 35.5 Å². The van der Waals surface area contributed by atoms with Gasteiger partial charge in [0, 0.05) is 5.56 Å². The highest BCUT2D eigenvalue weighted by Crippen LogP contribution is 2.38. The number of fused-ring (bicyclic) bond motifs is 4. The average molecular weight is 407 g/mol. The first-order chi connectivity index (χ1) is 14.7. The number of carbonyl (C=O) groups is 1. The minimum Gasteiger partial charge on any atom is -0.497 e. The molecule has 8 nitrogen and oxygen atoms in total. The van der Waals surface area contributed by atoms with E-state index >= 15 is 0 Å². The second kappa shape index (κ2) is 7.89. The second-order valence-electron chi connectivity index (χ2n) is 7.33. The number of hydrogen-bond acceptors (Lipinski definition) is 7. The molecule has 1 amide bonds. The van der Waals surface area contributed by atoms with Gasteiger partial charge in [-0.05, 0) is 29.8 Å². The lowest BCUT2D eigenvalue weighted by Crippen LogP contribution is -2.49. The molecule has 0 radical (unpaired) electrons. The maximum atomic E-state index is 12.4. The van der Waals surface area contributed by atoms with Crippen molar-refractivity contribution in [3.63, 3.8) is 0 Å². The molecule has 30 heavy (non-hydrogen) atoms. The fourth-order valence-corrected chi connectivity index (χ4v) is 3.94. The Hall–Kier alpha value is -3.23. The molecule has 0 aliphatic carbocycles. The van der Waals surface area contributed by atoms with E-state index in [9.17, 15) is 4.79 Å². The lowest BCUT2D eigenvalue weighted by atomic mass is 9.84. The largest absolute Gasteiger partial charge is 0.497 e. The summed E-state index contributed by atoms with van der Waals surface area (Å²) in [6.45, 7) is 0.397. The zero-order valence-electron chi connectivity index (χ0n) is 16.4. The van der Waals surface area contributed by atoms with Crippen LogP contribution in [0, 0.1) is 5.92 Å². The molecule has 8 heteroatoms. The minimum absolute atomic E-state index is 0.216. The zero-order chi connectivity index (χ0) is 20.5. The number of methoxy groups -OCH3 is 1. The van der Waals surface area contributed by atoms with E-state index in [0.29, 0.717) is 12.3 Å². The van der Waals surface area contributed by atoms with E-state index in [4.69, 9.17) is 19.0 Å². The van der Waals surface area contributed by atoms with E-state index in [2.05, 4.69) is 15.7 Å². The smallest absolute Gasteiger partial charge is 0.244 e. The molecule has 4 atom stereocenters. The number of hydrazone groups is 1. The number of carbonyl (C=O) groups excluding carboxylic acids is 1. The van der Waals surface area contributed by atoms with Gasteiger partial charge in [0.15, 0.2) is 12.4 Å². The first kappa shape index (κ1) is 18.8. The maximum Gasteiger partial charge on any atom is 0.244 e. The maximum absolute atomic E-state index is 12.4. The predicted octanol–water partition coefficient (Wildman–Crippen LogP) is 1.88. The Morgan fingerprint density at radius 3 is 2.77 bits per heavy atom. The average Bonchev–Trinajstić information content (AvgIpc) is 3.41. The Bertz CT molecular complexity index is 990. The van der Waals surface area contributed by atoms with Gasteiger partial charge in [-0.25, -0.2) is 5.43 Å². The molecule has 0 aromatic heterocycles. The van der Waals surface area contributed by atoms with Gasteiger partial charge in [0.2, 0.25) is 5.91 Å². The Morgan fingerprint density at radius 2 is 2.00 bits per heavy atom. The van der Waals surface area contributed by atoms with Crippen molar-refractivity contribution in [2.45, 2.75) is 24.9 Å². The van der Waals surface area contributed by atoms with Gasteiger partial charge in [0.05, 0.1) is 31.8 Å². The van der Waals surface area contributed by atoms with Gasteiger partial charge < -0.3 is 19.0 Å². The summed E-state index contributed by atoms with van der Waals surface area (Å²) in [6, 6.07) is 17.1. The van der Waals surface area contributed by atoms with Gasteiger partial charge in [0.1, 0.15) is 17.6 Å². The SMILES string of the molecule is COc1ccc(C2=NO[C@H]3[C@H]4CO[C@@H](O4)/C(=N/NC(=O)Cc4ccccc4)[C@H]23)cc1. The summed E-state index contributed by atoms with van der Waals surface area (Å²) in [4.78, 5) is 18.1. The molecule has 0 spiro atoms. The monoisotopic (exact) mass is 407 g/mol. The predicted molar refractivity (Wildman–Crippen MR) is 108 cm³/mol. The summed E-state index contributed by atoms with van der Waals surface area (Å²) in [6.07, 6.45) is -0.959. The minimum atomic E-state index is -0.626. The van der Waals surface area contributed by atoms with Gasteiger partial charge in [0.25, 0.3) is 0 Å². The molecule has 154 valence electrons. The summed E-state index contributed by atoms with van der Waals surface area (Å²) < 4.78 is 16.8. The number of ether oxygens (including phenoxy) is 3. The second-order valence-corrected chi connectivity index (χ2v) is 7.33. The lowest BCUT2D eigenvalue weighted by molar-refractivity contribution is -0.120. The third-order valence-corrected chi connectivity index (χ3v) is 5.44. The highest BCUT2D eigenvalue weighted by molar-refractivity contribution is 6.17. The van der Waals surface area contributed by atoms with E-state index in [1.54, 1.807) is 7.11 Å². The van der Waals surface area contributed by atoms with Crippen molar-refractivity contribution < 1.29 is 23.8 Å². The van der Waals surface area contributed by atoms with Crippen molar-refractivity contribution in [1.82, 2.24) is 5.43 Å². The van der Waals surface area contributed by atoms with Crippen LogP contribution in [-0.2, 0) is 25.5 Å². The Labute approximate surface area is 173 Å². The van der Waals surface area contributed by atoms with Gasteiger partial charge in [-0.3, -0.25) is 4.79 Å². The summed E-state index contributed by atoms with van der Waals surface area (Å²) in [5.41, 5.74) is 5.75. The number of nitrogens with one attached hydrogen (secondary N) is 1. The van der Waals surface area contributed by atoms with Crippen molar-refractivity contribution in [2.75, 3.05) is 13.7 Å². The van der Waals surface area contributed by atoms with Crippen LogP contribution in [0.3, 0.4) is 0 Å². The van der Waals surface area contributed by atoms with E-state index in [1.807, 2.05) is 54.6 Å². The van der Waals surface area contributed by atoms with Gasteiger partial charge in [-0.2, -0.15) is 5.10 Å². The molecular formula is C22H21N3O5. The van der Waals surface area contributed by atoms with Crippen LogP contribution in [-0.4, -0.2) is 49.5 Å². The van der Waals surface area contributed by atoms with E-state index in [0.717, 1.165) is 22.6 Å². The number of rotatable bonds is 5. The summed E-state index contributed by atoms with van der Waals surface area (Å²) in [5.74, 6) is 0.279. The van der Waals surface area contributed by atoms with Crippen molar-refractivity contribution in [1.29, 1.82) is 0 Å². The standard InChI is InChI=1S/C22H21N3O5/c1-27-15-9-7-14(8-10-15)19-18-20(22-28-12-16(29-22)21(18)30-25-19)24-23-17(26)11-13-5-3-2-4-6-13/h2-10,16,18,21-22H,11-12H2,1H3,(H,23,26)/b24-20+/t16-,18+,21+,22+/m1/s1. The number of benzene rings is 2. The molecular weight excluding hydrogens is 386 g/mol. The van der Waals surface area contributed by atoms with Crippen LogP contribution >= 0.6 is 0 Å². The molecule has 0 saturated carbocycles. The summed E-state index contributed by atoms with van der Waals surface area (Å²) in [5, 5.41) is 8.71. The van der Waals surface area contributed by atoms with Gasteiger partial charge >= 0.3 is 0 Å². The summed E-state index contributed by atoms with van der Waals surface area (Å²) in [7, 11) is 1.62. The Kier molecular flexibility index (Phi) is 4.94. The number of hydrogen-bond donors (Lipinski definition) is 1. The molecule has 2 bridgehead atoms. The van der Waals surface area contributed by atoms with Crippen LogP contribution in [0.1, 0.15) is 11.1 Å². The first-order valence-corrected chi connectivity index (χ1v) is 9.78. The normalized spacial score (nSPS) is 27.9. The molecule has 2 fully saturated rings. The van der Waals surface area contributed by atoms with Crippen LogP contribution < -0.4 is 10.2 Å². The molecule has 3 aliphatic heterocycles. The highest BCUT2D eigenvalue weighted by atomic mass is 16.7. The molecule has 1 N–H and O–H groups in total. The van der Waals surface area contributed by atoms with Crippen molar-refractivity contribution in [3.05, 3.63) is 65.7 Å². The Balaban J connectivity index is 1.39. The van der Waals surface area contributed by atoms with E-state index in [1.165, 1.54) is 0 Å². The van der Waals surface area contributed by atoms with Crippen LogP contribution in [0.25, 0.3) is 0 Å². The quantitative estimate of drug-likeness (QED) is 0.765. The highest BCUT2D eigenvalue weighted by Gasteiger charge is 2.55. The van der Waals surface area contributed by atoms with Crippen LogP contribution in [0.4, 0.5) is 0 Å². The molecule has 5 rings (SSSR count). The van der Waals surface area contributed by atoms with E-state index < -0.39 is 6.29 Å². The third-order valence-electron chi connectivity index (χ3n) is 5.44. The molecule has 3 aliphatic rings. The fourth-order valence-electron chi connectivity index (χ4n) is 3.94. The third kappa shape index (κ3) is 3.44. The lowest BCUT2D eigenvalue weighted by Gasteiger charge is -2.30. The number of amides is 1. The molecule has 3 heterocycles. The van der Waals surface area contributed by atoms with Gasteiger partial charge in [-0.15, -0.1) is 0 Å². The van der Waals surface area contributed by atoms with Crippen molar-refractivity contribution in [2.24, 2.45) is 16.2 Å². The zero-order valence-corrected chi connectivity index (χ0v) is 16.4. The molecule has 2 saturated heterocycles. The van der Waals surface area contributed by atoms with Crippen LogP contribution in [0.5, 0.6) is 5.75 Å². The number of nitrogens with zero attached hydrogens (tertiary/aromatic N) is 2. The summed E-state index contributed by atoms with van der Waals surface area (Å²) >= 11 is 0. The molecule has 2 aromatic carbocycles. The fraction of sp³-hybridized carbons (Fsp3) is 0.318. The molecule has 2 aromatic rings.